The molecule has 0 saturated heterocycles. The molecule has 7 heteroatoms. The van der Waals surface area contributed by atoms with Gasteiger partial charge in [-0.15, -0.1) is 12.4 Å². The fourth-order valence-electron chi connectivity index (χ4n) is 4.09. The number of nitrogens with two attached hydrogens (primary N) is 1. The minimum Gasteiger partial charge on any atom is -0.347 e. The van der Waals surface area contributed by atoms with E-state index in [0.717, 1.165) is 25.7 Å². The summed E-state index contributed by atoms with van der Waals surface area (Å²) in [4.78, 5) is 24.2. The normalized spacial score (nSPS) is 27.8. The Morgan fingerprint density at radius 3 is 2.52 bits per heavy atom. The van der Waals surface area contributed by atoms with Crippen LogP contribution in [0.2, 0.25) is 0 Å². The van der Waals surface area contributed by atoms with Gasteiger partial charge in [-0.1, -0.05) is 12.5 Å². The molecule has 4 N–H and O–H groups in total. The molecule has 2 atom stereocenters. The van der Waals surface area contributed by atoms with Crippen molar-refractivity contribution in [3.63, 3.8) is 0 Å². The lowest BCUT2D eigenvalue weighted by molar-refractivity contribution is -0.129. The lowest BCUT2D eigenvalue weighted by Gasteiger charge is -2.43. The summed E-state index contributed by atoms with van der Waals surface area (Å²) >= 11 is 0. The van der Waals surface area contributed by atoms with Gasteiger partial charge in [-0.25, -0.2) is 4.39 Å². The van der Waals surface area contributed by atoms with Gasteiger partial charge in [-0.2, -0.15) is 0 Å². The first-order chi connectivity index (χ1) is 11.5. The van der Waals surface area contributed by atoms with Crippen LogP contribution in [0.3, 0.4) is 0 Å². The zero-order valence-electron chi connectivity index (χ0n) is 14.0. The molecular weight excluding hydrogens is 345 g/mol. The number of anilines is 1. The molecule has 2 bridgehead atoms. The Bertz CT molecular complexity index is 614. The van der Waals surface area contributed by atoms with Crippen molar-refractivity contribution in [2.24, 2.45) is 23.5 Å². The highest BCUT2D eigenvalue weighted by Crippen LogP contribution is 2.41. The molecule has 2 amide bonds. The van der Waals surface area contributed by atoms with Gasteiger partial charge in [0.2, 0.25) is 11.8 Å². The van der Waals surface area contributed by atoms with E-state index >= 15 is 0 Å². The summed E-state index contributed by atoms with van der Waals surface area (Å²) in [7, 11) is 0. The van der Waals surface area contributed by atoms with Crippen LogP contribution in [0.5, 0.6) is 0 Å². The molecule has 25 heavy (non-hydrogen) atoms. The van der Waals surface area contributed by atoms with Crippen molar-refractivity contribution >= 4 is 29.9 Å². The minimum atomic E-state index is -0.415. The maximum atomic E-state index is 13.1. The van der Waals surface area contributed by atoms with Gasteiger partial charge in [-0.05, 0) is 55.7 Å². The zero-order valence-corrected chi connectivity index (χ0v) is 14.9. The summed E-state index contributed by atoms with van der Waals surface area (Å²) in [5.41, 5.74) is 6.62. The molecule has 0 radical (unpaired) electrons. The average Bonchev–Trinajstić information content (AvgIpc) is 2.52. The Hall–Kier alpha value is -1.66. The van der Waals surface area contributed by atoms with Crippen molar-refractivity contribution in [2.75, 3.05) is 11.9 Å². The first kappa shape index (κ1) is 19.7. The number of nitrogens with one attached hydrogen (secondary N) is 2. The predicted molar refractivity (Wildman–Crippen MR) is 96.8 cm³/mol. The van der Waals surface area contributed by atoms with Crippen LogP contribution in [0.1, 0.15) is 32.1 Å². The van der Waals surface area contributed by atoms with Crippen molar-refractivity contribution in [1.82, 2.24) is 5.32 Å². The van der Waals surface area contributed by atoms with Crippen molar-refractivity contribution in [3.8, 4) is 0 Å². The number of carbonyl (C=O) groups is 2. The Labute approximate surface area is 153 Å². The van der Waals surface area contributed by atoms with Crippen molar-refractivity contribution in [3.05, 3.63) is 30.1 Å². The molecular formula is C18H25ClFN3O2. The van der Waals surface area contributed by atoms with E-state index in [2.05, 4.69) is 10.6 Å². The summed E-state index contributed by atoms with van der Waals surface area (Å²) in [6, 6.07) is 5.89. The van der Waals surface area contributed by atoms with Gasteiger partial charge >= 0.3 is 0 Å². The summed E-state index contributed by atoms with van der Waals surface area (Å²) < 4.78 is 13.1. The molecule has 2 fully saturated rings. The molecule has 5 nitrogen and oxygen atoms in total. The lowest BCUT2D eigenvalue weighted by atomic mass is 9.65. The molecule has 2 aliphatic rings. The maximum Gasteiger partial charge on any atom is 0.243 e. The van der Waals surface area contributed by atoms with Crippen LogP contribution in [0, 0.1) is 23.6 Å². The Balaban J connectivity index is 0.00000225. The number of hydrogen-bond donors (Lipinski definition) is 3. The number of hydrogen-bond acceptors (Lipinski definition) is 3. The third-order valence-electron chi connectivity index (χ3n) is 5.32. The van der Waals surface area contributed by atoms with Crippen LogP contribution in [0.15, 0.2) is 24.3 Å². The second-order valence-corrected chi connectivity index (χ2v) is 6.97. The molecule has 1 aromatic rings. The van der Waals surface area contributed by atoms with E-state index in [1.807, 2.05) is 0 Å². The topological polar surface area (TPSA) is 84.2 Å². The molecule has 0 aromatic heterocycles. The molecule has 1 aromatic carbocycles. The van der Waals surface area contributed by atoms with E-state index in [0.29, 0.717) is 17.5 Å². The smallest absolute Gasteiger partial charge is 0.243 e. The van der Waals surface area contributed by atoms with Crippen molar-refractivity contribution in [2.45, 2.75) is 38.1 Å². The van der Waals surface area contributed by atoms with E-state index in [1.54, 1.807) is 6.07 Å². The van der Waals surface area contributed by atoms with Gasteiger partial charge in [0.15, 0.2) is 0 Å². The highest BCUT2D eigenvalue weighted by atomic mass is 35.5. The fourth-order valence-corrected chi connectivity index (χ4v) is 4.09. The van der Waals surface area contributed by atoms with E-state index in [1.165, 1.54) is 24.6 Å². The second kappa shape index (κ2) is 8.63. The third-order valence-corrected chi connectivity index (χ3v) is 5.32. The molecule has 2 saturated carbocycles. The minimum absolute atomic E-state index is 0. The number of carbonyl (C=O) groups excluding carboxylic acids is 2. The summed E-state index contributed by atoms with van der Waals surface area (Å²) in [6.07, 6.45) is 5.03. The lowest BCUT2D eigenvalue weighted by Crippen LogP contribution is -2.49. The van der Waals surface area contributed by atoms with Gasteiger partial charge in [0.05, 0.1) is 6.54 Å². The quantitative estimate of drug-likeness (QED) is 0.762. The fraction of sp³-hybridized carbons (Fsp3) is 0.556. The number of halogens is 2. The molecule has 0 aliphatic heterocycles. The van der Waals surface area contributed by atoms with E-state index < -0.39 is 5.82 Å². The van der Waals surface area contributed by atoms with Crippen LogP contribution >= 0.6 is 12.4 Å². The molecule has 0 spiro atoms. The first-order valence-electron chi connectivity index (χ1n) is 8.61. The molecule has 3 rings (SSSR count). The van der Waals surface area contributed by atoms with Crippen LogP contribution in [-0.2, 0) is 9.59 Å². The van der Waals surface area contributed by atoms with E-state index in [-0.39, 0.29) is 42.7 Å². The Kier molecular flexibility index (Phi) is 6.79. The highest BCUT2D eigenvalue weighted by molar-refractivity contribution is 5.94. The molecule has 2 aliphatic carbocycles. The summed E-state index contributed by atoms with van der Waals surface area (Å²) in [6.45, 7) is -0.104. The highest BCUT2D eigenvalue weighted by Gasteiger charge is 2.40. The largest absolute Gasteiger partial charge is 0.347 e. The monoisotopic (exact) mass is 369 g/mol. The number of fused-ring (bicyclic) bond motifs is 2. The van der Waals surface area contributed by atoms with Crippen LogP contribution in [0.25, 0.3) is 0 Å². The second-order valence-electron chi connectivity index (χ2n) is 6.97. The predicted octanol–water partition coefficient (Wildman–Crippen LogP) is 2.46. The molecule has 2 unspecified atom stereocenters. The Morgan fingerprint density at radius 1 is 1.20 bits per heavy atom. The van der Waals surface area contributed by atoms with Crippen LogP contribution in [0.4, 0.5) is 10.1 Å². The van der Waals surface area contributed by atoms with Crippen molar-refractivity contribution < 1.29 is 14.0 Å². The van der Waals surface area contributed by atoms with Crippen LogP contribution in [-0.4, -0.2) is 24.4 Å². The van der Waals surface area contributed by atoms with Crippen molar-refractivity contribution in [1.29, 1.82) is 0 Å². The van der Waals surface area contributed by atoms with Gasteiger partial charge < -0.3 is 16.4 Å². The third kappa shape index (κ3) is 4.92. The summed E-state index contributed by atoms with van der Waals surface area (Å²) in [5, 5.41) is 5.28. The van der Waals surface area contributed by atoms with Gasteiger partial charge in [0.25, 0.3) is 0 Å². The van der Waals surface area contributed by atoms with E-state index in [9.17, 15) is 14.0 Å². The van der Waals surface area contributed by atoms with Gasteiger partial charge in [-0.3, -0.25) is 9.59 Å². The number of rotatable bonds is 4. The van der Waals surface area contributed by atoms with Crippen LogP contribution < -0.4 is 16.4 Å². The van der Waals surface area contributed by atoms with Gasteiger partial charge in [0, 0.05) is 17.6 Å². The van der Waals surface area contributed by atoms with E-state index in [4.69, 9.17) is 5.73 Å². The molecule has 0 heterocycles. The maximum absolute atomic E-state index is 13.1. The zero-order chi connectivity index (χ0) is 17.1. The first-order valence-corrected chi connectivity index (χ1v) is 8.61. The standard InChI is InChI=1S/C18H24FN3O2.ClH/c19-14-5-2-6-15(9-14)22-16(23)10-21-18(24)13-7-11-3-1-4-12(8-13)17(11)20;/h2,5-6,9,11-13,17H,1,3-4,7-8,10,20H2,(H,21,24)(H,22,23);1H. The average molecular weight is 370 g/mol. The SMILES string of the molecule is Cl.NC1C2CCCC1CC(C(=O)NCC(=O)Nc1cccc(F)c1)C2. The number of benzene rings is 1. The summed E-state index contributed by atoms with van der Waals surface area (Å²) in [5.74, 6) is -0.0532. The number of amides is 2. The molecule has 138 valence electrons. The van der Waals surface area contributed by atoms with Gasteiger partial charge in [0.1, 0.15) is 5.82 Å². The Morgan fingerprint density at radius 2 is 1.88 bits per heavy atom.